The van der Waals surface area contributed by atoms with E-state index >= 15 is 0 Å². The van der Waals surface area contributed by atoms with Gasteiger partial charge in [-0.3, -0.25) is 9.36 Å². The van der Waals surface area contributed by atoms with Gasteiger partial charge in [0.1, 0.15) is 5.75 Å². The Hall–Kier alpha value is -4.95. The third-order valence-corrected chi connectivity index (χ3v) is 8.22. The van der Waals surface area contributed by atoms with E-state index in [1.54, 1.807) is 18.6 Å². The second-order valence-electron chi connectivity index (χ2n) is 9.75. The zero-order chi connectivity index (χ0) is 29.2. The van der Waals surface area contributed by atoms with Crippen molar-refractivity contribution in [1.29, 1.82) is 0 Å². The van der Waals surface area contributed by atoms with Crippen molar-refractivity contribution in [2.24, 2.45) is 4.99 Å². The zero-order valence-corrected chi connectivity index (χ0v) is 24.1. The Labute approximate surface area is 246 Å². The summed E-state index contributed by atoms with van der Waals surface area (Å²) in [6.07, 6.45) is 5.79. The summed E-state index contributed by atoms with van der Waals surface area (Å²) in [6, 6.07) is 24.3. The Morgan fingerprint density at radius 1 is 1.05 bits per heavy atom. The zero-order valence-electron chi connectivity index (χ0n) is 23.3. The van der Waals surface area contributed by atoms with Gasteiger partial charge in [0, 0.05) is 34.8 Å². The molecule has 0 N–H and O–H groups in total. The molecule has 0 radical (unpaired) electrons. The first-order chi connectivity index (χ1) is 20.5. The SMILES string of the molecule is C=CCn1cc(/C=c2\sc3n(c2=O)[C@@H](c2ccc(OC)cc2)C(C(=O)OCC)=C(c2ccccc2)N=3)c2ccccc21. The number of fused-ring (bicyclic) bond motifs is 2. The minimum absolute atomic E-state index is 0.193. The van der Waals surface area contributed by atoms with Crippen LogP contribution in [-0.4, -0.2) is 28.8 Å². The number of carbonyl (C=O) groups is 1. The molecular formula is C34H29N3O4S. The fourth-order valence-corrected chi connectivity index (χ4v) is 6.36. The van der Waals surface area contributed by atoms with Crippen molar-refractivity contribution in [2.75, 3.05) is 13.7 Å². The van der Waals surface area contributed by atoms with Crippen LogP contribution >= 0.6 is 11.3 Å². The summed E-state index contributed by atoms with van der Waals surface area (Å²) in [4.78, 5) is 33.3. The van der Waals surface area contributed by atoms with Gasteiger partial charge in [-0.15, -0.1) is 6.58 Å². The van der Waals surface area contributed by atoms with E-state index in [9.17, 15) is 9.59 Å². The lowest BCUT2D eigenvalue weighted by Crippen LogP contribution is -2.40. The van der Waals surface area contributed by atoms with Crippen molar-refractivity contribution in [1.82, 2.24) is 9.13 Å². The average molecular weight is 576 g/mol. The number of rotatable bonds is 8. The molecule has 1 atom stereocenters. The number of ether oxygens (including phenoxy) is 2. The van der Waals surface area contributed by atoms with Crippen molar-refractivity contribution in [3.05, 3.63) is 140 Å². The molecule has 7 nitrogen and oxygen atoms in total. The minimum Gasteiger partial charge on any atom is -0.497 e. The third-order valence-electron chi connectivity index (χ3n) is 7.24. The second-order valence-corrected chi connectivity index (χ2v) is 10.8. The first kappa shape index (κ1) is 27.2. The molecule has 0 bridgehead atoms. The Morgan fingerprint density at radius 2 is 1.79 bits per heavy atom. The number of benzene rings is 3. The van der Waals surface area contributed by atoms with Crippen molar-refractivity contribution >= 4 is 40.0 Å². The van der Waals surface area contributed by atoms with Gasteiger partial charge >= 0.3 is 5.97 Å². The molecule has 210 valence electrons. The number of hydrogen-bond donors (Lipinski definition) is 0. The number of aromatic nitrogens is 2. The topological polar surface area (TPSA) is 74.8 Å². The van der Waals surface area contributed by atoms with Crippen LogP contribution in [-0.2, 0) is 16.1 Å². The summed E-state index contributed by atoms with van der Waals surface area (Å²) in [7, 11) is 1.60. The predicted molar refractivity (Wildman–Crippen MR) is 166 cm³/mol. The maximum atomic E-state index is 14.2. The third kappa shape index (κ3) is 4.80. The summed E-state index contributed by atoms with van der Waals surface area (Å²) in [5.74, 6) is 0.162. The first-order valence-corrected chi connectivity index (χ1v) is 14.5. The molecule has 0 unspecified atom stereocenters. The molecule has 0 aliphatic carbocycles. The molecule has 2 aromatic heterocycles. The standard InChI is InChI=1S/C34H29N3O4S/c1-4-19-36-21-24(26-13-9-10-14-27(26)36)20-28-32(38)37-31(23-15-17-25(40-3)18-16-23)29(33(39)41-5-2)30(35-34(37)42-28)22-11-7-6-8-12-22/h4,6-18,20-21,31H,1,5,19H2,2-3H3/b28-20-/t31-/m0/s1. The maximum Gasteiger partial charge on any atom is 0.338 e. The number of carbonyl (C=O) groups excluding carboxylic acids is 1. The largest absolute Gasteiger partial charge is 0.497 e. The van der Waals surface area contributed by atoms with E-state index in [1.807, 2.05) is 91.1 Å². The molecule has 1 aliphatic heterocycles. The highest BCUT2D eigenvalue weighted by atomic mass is 32.1. The number of allylic oxidation sites excluding steroid dienone is 1. The highest BCUT2D eigenvalue weighted by Gasteiger charge is 2.35. The van der Waals surface area contributed by atoms with E-state index < -0.39 is 12.0 Å². The fourth-order valence-electron chi connectivity index (χ4n) is 5.36. The summed E-state index contributed by atoms with van der Waals surface area (Å²) in [5.41, 5.74) is 4.07. The predicted octanol–water partition coefficient (Wildman–Crippen LogP) is 5.08. The Morgan fingerprint density at radius 3 is 2.50 bits per heavy atom. The van der Waals surface area contributed by atoms with Gasteiger partial charge in [-0.1, -0.05) is 78.1 Å². The van der Waals surface area contributed by atoms with Crippen LogP contribution in [0.15, 0.2) is 113 Å². The lowest BCUT2D eigenvalue weighted by Gasteiger charge is -2.26. The number of methoxy groups -OCH3 is 1. The molecule has 0 spiro atoms. The van der Waals surface area contributed by atoms with Crippen LogP contribution in [0.4, 0.5) is 0 Å². The van der Waals surface area contributed by atoms with Crippen molar-refractivity contribution in [2.45, 2.75) is 19.5 Å². The molecule has 3 heterocycles. The molecule has 0 fully saturated rings. The summed E-state index contributed by atoms with van der Waals surface area (Å²) in [6.45, 7) is 6.49. The van der Waals surface area contributed by atoms with Crippen LogP contribution in [0.2, 0.25) is 0 Å². The van der Waals surface area contributed by atoms with E-state index in [0.29, 0.717) is 32.9 Å². The van der Waals surface area contributed by atoms with Gasteiger partial charge in [0.2, 0.25) is 0 Å². The smallest absolute Gasteiger partial charge is 0.338 e. The summed E-state index contributed by atoms with van der Waals surface area (Å²) >= 11 is 1.31. The Balaban J connectivity index is 1.64. The second kappa shape index (κ2) is 11.5. The van der Waals surface area contributed by atoms with Gasteiger partial charge in [-0.25, -0.2) is 9.79 Å². The van der Waals surface area contributed by atoms with Crippen molar-refractivity contribution in [3.8, 4) is 5.75 Å². The summed E-state index contributed by atoms with van der Waals surface area (Å²) < 4.78 is 15.2. The fraction of sp³-hybridized carbons (Fsp3) is 0.147. The minimum atomic E-state index is -0.745. The van der Waals surface area contributed by atoms with E-state index in [4.69, 9.17) is 14.5 Å². The van der Waals surface area contributed by atoms with Crippen molar-refractivity contribution < 1.29 is 14.3 Å². The number of esters is 1. The van der Waals surface area contributed by atoms with Crippen LogP contribution in [0.3, 0.4) is 0 Å². The highest BCUT2D eigenvalue weighted by molar-refractivity contribution is 7.07. The van der Waals surface area contributed by atoms with Gasteiger partial charge in [0.25, 0.3) is 5.56 Å². The van der Waals surface area contributed by atoms with Gasteiger partial charge in [0.15, 0.2) is 4.80 Å². The lowest BCUT2D eigenvalue weighted by atomic mass is 9.93. The van der Waals surface area contributed by atoms with E-state index in [1.165, 1.54) is 11.3 Å². The molecule has 1 aliphatic rings. The summed E-state index contributed by atoms with van der Waals surface area (Å²) in [5, 5.41) is 1.04. The average Bonchev–Trinajstić information content (AvgIpc) is 3.53. The molecular weight excluding hydrogens is 546 g/mol. The number of nitrogens with zero attached hydrogens (tertiary/aromatic N) is 3. The molecule has 8 heteroatoms. The normalized spacial score (nSPS) is 14.9. The molecule has 6 rings (SSSR count). The van der Waals surface area contributed by atoms with Crippen LogP contribution in [0.1, 0.15) is 29.7 Å². The molecule has 0 saturated heterocycles. The van der Waals surface area contributed by atoms with Gasteiger partial charge in [-0.05, 0) is 36.8 Å². The lowest BCUT2D eigenvalue weighted by molar-refractivity contribution is -0.138. The van der Waals surface area contributed by atoms with Crippen LogP contribution in [0, 0.1) is 0 Å². The molecule has 5 aromatic rings. The number of thiazole rings is 1. The molecule has 3 aromatic carbocycles. The van der Waals surface area contributed by atoms with Crippen LogP contribution in [0.5, 0.6) is 5.75 Å². The monoisotopic (exact) mass is 575 g/mol. The van der Waals surface area contributed by atoms with Gasteiger partial charge < -0.3 is 14.0 Å². The van der Waals surface area contributed by atoms with Gasteiger partial charge in [0.05, 0.1) is 35.6 Å². The van der Waals surface area contributed by atoms with Crippen LogP contribution in [0.25, 0.3) is 22.7 Å². The highest BCUT2D eigenvalue weighted by Crippen LogP contribution is 2.35. The quantitative estimate of drug-likeness (QED) is 0.191. The van der Waals surface area contributed by atoms with Crippen LogP contribution < -0.4 is 19.6 Å². The van der Waals surface area contributed by atoms with Crippen molar-refractivity contribution in [3.63, 3.8) is 0 Å². The maximum absolute atomic E-state index is 14.2. The van der Waals surface area contributed by atoms with E-state index in [-0.39, 0.29) is 12.2 Å². The van der Waals surface area contributed by atoms with E-state index in [0.717, 1.165) is 27.6 Å². The number of para-hydroxylation sites is 1. The van der Waals surface area contributed by atoms with E-state index in [2.05, 4.69) is 17.2 Å². The Bertz CT molecular complexity index is 2020. The number of hydrogen-bond acceptors (Lipinski definition) is 6. The Kier molecular flexibility index (Phi) is 7.46. The molecule has 0 amide bonds. The first-order valence-electron chi connectivity index (χ1n) is 13.6. The molecule has 42 heavy (non-hydrogen) atoms. The molecule has 0 saturated carbocycles. The van der Waals surface area contributed by atoms with Gasteiger partial charge in [-0.2, -0.15) is 0 Å².